The lowest BCUT2D eigenvalue weighted by Gasteiger charge is -2.11. The first kappa shape index (κ1) is 21.3. The van der Waals surface area contributed by atoms with Crippen LogP contribution in [0.5, 0.6) is 5.75 Å². The number of aliphatic hydroxyl groups is 1. The van der Waals surface area contributed by atoms with Crippen LogP contribution < -0.4 is 15.4 Å². The second kappa shape index (κ2) is 9.87. The molecule has 0 fully saturated rings. The molecule has 0 atom stereocenters. The van der Waals surface area contributed by atoms with Gasteiger partial charge < -0.3 is 20.5 Å². The molecule has 0 radical (unpaired) electrons. The minimum absolute atomic E-state index is 0.0196. The Bertz CT molecular complexity index is 1100. The number of methoxy groups -OCH3 is 1. The molecule has 0 aliphatic rings. The van der Waals surface area contributed by atoms with Crippen molar-refractivity contribution in [2.24, 2.45) is 0 Å². The zero-order valence-corrected chi connectivity index (χ0v) is 16.9. The molecule has 1 aromatic heterocycles. The number of amides is 2. The quantitative estimate of drug-likeness (QED) is 0.399. The van der Waals surface area contributed by atoms with Crippen LogP contribution in [0.25, 0.3) is 17.0 Å². The van der Waals surface area contributed by atoms with E-state index < -0.39 is 11.8 Å². The molecule has 1 heterocycles. The summed E-state index contributed by atoms with van der Waals surface area (Å²) in [6, 6.07) is 15.6. The average Bonchev–Trinajstić information content (AvgIpc) is 2.77. The van der Waals surface area contributed by atoms with Crippen molar-refractivity contribution in [3.8, 4) is 5.75 Å². The maximum absolute atomic E-state index is 12.5. The Morgan fingerprint density at radius 1 is 1.17 bits per heavy atom. The summed E-state index contributed by atoms with van der Waals surface area (Å²) in [7, 11) is 1.56. The Labute approximate surface area is 178 Å². The van der Waals surface area contributed by atoms with Crippen LogP contribution >= 0.6 is 11.6 Å². The summed E-state index contributed by atoms with van der Waals surface area (Å²) in [5.41, 5.74) is 1.47. The van der Waals surface area contributed by atoms with Gasteiger partial charge in [-0.2, -0.15) is 0 Å². The number of aliphatic hydroxyl groups excluding tert-OH is 1. The van der Waals surface area contributed by atoms with E-state index in [1.807, 2.05) is 6.07 Å². The van der Waals surface area contributed by atoms with E-state index in [0.29, 0.717) is 22.4 Å². The van der Waals surface area contributed by atoms with Crippen molar-refractivity contribution in [1.82, 2.24) is 15.6 Å². The van der Waals surface area contributed by atoms with E-state index in [9.17, 15) is 9.59 Å². The zero-order chi connectivity index (χ0) is 21.5. The standard InChI is InChI=1S/C22H20ClN3O4/c1-30-17-8-7-15-11-16(20(23)25-18(15)13-17)12-19(22(29)24-9-10-27)26-21(28)14-5-3-2-4-6-14/h2-8,11-13,27H,9-10H2,1H3,(H,24,29)(H,26,28). The number of ether oxygens (including phenoxy) is 1. The second-order valence-electron chi connectivity index (χ2n) is 6.28. The summed E-state index contributed by atoms with van der Waals surface area (Å²) in [5.74, 6) is -0.358. The first-order chi connectivity index (χ1) is 14.5. The number of benzene rings is 2. The molecular weight excluding hydrogens is 406 g/mol. The second-order valence-corrected chi connectivity index (χ2v) is 6.64. The normalized spacial score (nSPS) is 11.2. The predicted octanol–water partition coefficient (Wildman–Crippen LogP) is 2.78. The number of nitrogens with one attached hydrogen (secondary N) is 2. The lowest BCUT2D eigenvalue weighted by molar-refractivity contribution is -0.117. The van der Waals surface area contributed by atoms with Crippen LogP contribution in [0.1, 0.15) is 15.9 Å². The summed E-state index contributed by atoms with van der Waals surface area (Å²) in [5, 5.41) is 15.1. The maximum Gasteiger partial charge on any atom is 0.267 e. The third-order valence-electron chi connectivity index (χ3n) is 4.23. The molecule has 7 nitrogen and oxygen atoms in total. The molecule has 8 heteroatoms. The van der Waals surface area contributed by atoms with Crippen LogP contribution in [0.15, 0.2) is 60.3 Å². The van der Waals surface area contributed by atoms with E-state index in [2.05, 4.69) is 15.6 Å². The third kappa shape index (κ3) is 5.14. The van der Waals surface area contributed by atoms with Crippen molar-refractivity contribution in [2.75, 3.05) is 20.3 Å². The minimum atomic E-state index is -0.556. The van der Waals surface area contributed by atoms with Gasteiger partial charge in [-0.15, -0.1) is 0 Å². The van der Waals surface area contributed by atoms with Crippen molar-refractivity contribution < 1.29 is 19.4 Å². The molecule has 0 saturated heterocycles. The molecule has 2 aromatic carbocycles. The fourth-order valence-corrected chi connectivity index (χ4v) is 2.93. The average molecular weight is 426 g/mol. The SMILES string of the molecule is COc1ccc2cc(C=C(NC(=O)c3ccccc3)C(=O)NCCO)c(Cl)nc2c1. The van der Waals surface area contributed by atoms with Crippen molar-refractivity contribution in [3.63, 3.8) is 0 Å². The van der Waals surface area contributed by atoms with E-state index in [1.54, 1.807) is 55.6 Å². The molecule has 0 saturated carbocycles. The van der Waals surface area contributed by atoms with Crippen LogP contribution in [0.2, 0.25) is 5.15 Å². The number of hydrogen-bond acceptors (Lipinski definition) is 5. The number of aromatic nitrogens is 1. The highest BCUT2D eigenvalue weighted by molar-refractivity contribution is 6.31. The zero-order valence-electron chi connectivity index (χ0n) is 16.2. The highest BCUT2D eigenvalue weighted by atomic mass is 35.5. The molecule has 0 spiro atoms. The topological polar surface area (TPSA) is 101 Å². The Balaban J connectivity index is 1.98. The minimum Gasteiger partial charge on any atom is -0.497 e. The summed E-state index contributed by atoms with van der Waals surface area (Å²) in [4.78, 5) is 29.4. The highest BCUT2D eigenvalue weighted by Crippen LogP contribution is 2.25. The van der Waals surface area contributed by atoms with Gasteiger partial charge in [-0.3, -0.25) is 9.59 Å². The number of pyridine rings is 1. The van der Waals surface area contributed by atoms with Gasteiger partial charge in [0.15, 0.2) is 0 Å². The van der Waals surface area contributed by atoms with Crippen LogP contribution in [-0.2, 0) is 4.79 Å². The molecule has 0 bridgehead atoms. The van der Waals surface area contributed by atoms with Gasteiger partial charge >= 0.3 is 0 Å². The first-order valence-corrected chi connectivity index (χ1v) is 9.51. The van der Waals surface area contributed by atoms with Gasteiger partial charge in [0, 0.05) is 29.1 Å². The number of rotatable bonds is 7. The number of nitrogens with zero attached hydrogens (tertiary/aromatic N) is 1. The van der Waals surface area contributed by atoms with Gasteiger partial charge in [0.25, 0.3) is 11.8 Å². The molecular formula is C22H20ClN3O4. The van der Waals surface area contributed by atoms with Gasteiger partial charge in [-0.1, -0.05) is 29.8 Å². The molecule has 3 N–H and O–H groups in total. The van der Waals surface area contributed by atoms with Gasteiger partial charge in [-0.25, -0.2) is 4.98 Å². The van der Waals surface area contributed by atoms with E-state index in [0.717, 1.165) is 5.39 Å². The number of halogens is 1. The summed E-state index contributed by atoms with van der Waals surface area (Å²) < 4.78 is 5.20. The lowest BCUT2D eigenvalue weighted by Crippen LogP contribution is -2.36. The molecule has 0 aliphatic carbocycles. The van der Waals surface area contributed by atoms with Gasteiger partial charge in [0.2, 0.25) is 0 Å². The van der Waals surface area contributed by atoms with Crippen LogP contribution in [0, 0.1) is 0 Å². The fraction of sp³-hybridized carbons (Fsp3) is 0.136. The first-order valence-electron chi connectivity index (χ1n) is 9.13. The summed E-state index contributed by atoms with van der Waals surface area (Å²) in [6.45, 7) is -0.188. The summed E-state index contributed by atoms with van der Waals surface area (Å²) in [6.07, 6.45) is 1.45. The Morgan fingerprint density at radius 3 is 2.63 bits per heavy atom. The molecule has 0 unspecified atom stereocenters. The van der Waals surface area contributed by atoms with Gasteiger partial charge in [0.1, 0.15) is 16.6 Å². The van der Waals surface area contributed by atoms with Crippen LogP contribution in [0.4, 0.5) is 0 Å². The van der Waals surface area contributed by atoms with Crippen molar-refractivity contribution in [1.29, 1.82) is 0 Å². The van der Waals surface area contributed by atoms with Crippen molar-refractivity contribution >= 4 is 40.4 Å². The lowest BCUT2D eigenvalue weighted by atomic mass is 10.1. The largest absolute Gasteiger partial charge is 0.497 e. The third-order valence-corrected chi connectivity index (χ3v) is 4.53. The van der Waals surface area contributed by atoms with E-state index >= 15 is 0 Å². The van der Waals surface area contributed by atoms with E-state index in [1.165, 1.54) is 6.08 Å². The Kier molecular flexibility index (Phi) is 7.00. The van der Waals surface area contributed by atoms with Crippen molar-refractivity contribution in [2.45, 2.75) is 0 Å². The fourth-order valence-electron chi connectivity index (χ4n) is 2.73. The molecule has 3 aromatic rings. The highest BCUT2D eigenvalue weighted by Gasteiger charge is 2.15. The number of carbonyl (C=O) groups is 2. The maximum atomic E-state index is 12.5. The molecule has 0 aliphatic heterocycles. The molecule has 3 rings (SSSR count). The smallest absolute Gasteiger partial charge is 0.267 e. The molecule has 154 valence electrons. The molecule has 2 amide bonds. The van der Waals surface area contributed by atoms with E-state index in [4.69, 9.17) is 21.4 Å². The van der Waals surface area contributed by atoms with E-state index in [-0.39, 0.29) is 24.0 Å². The van der Waals surface area contributed by atoms with Crippen LogP contribution in [0.3, 0.4) is 0 Å². The monoisotopic (exact) mass is 425 g/mol. The predicted molar refractivity (Wildman–Crippen MR) is 115 cm³/mol. The Morgan fingerprint density at radius 2 is 1.93 bits per heavy atom. The number of fused-ring (bicyclic) bond motifs is 1. The summed E-state index contributed by atoms with van der Waals surface area (Å²) >= 11 is 6.32. The van der Waals surface area contributed by atoms with Gasteiger partial charge in [0.05, 0.1) is 19.2 Å². The van der Waals surface area contributed by atoms with Gasteiger partial charge in [-0.05, 0) is 36.4 Å². The van der Waals surface area contributed by atoms with Crippen molar-refractivity contribution in [3.05, 3.63) is 76.6 Å². The number of hydrogen-bond donors (Lipinski definition) is 3. The molecule has 30 heavy (non-hydrogen) atoms. The van der Waals surface area contributed by atoms with Crippen LogP contribution in [-0.4, -0.2) is 42.2 Å². The number of carbonyl (C=O) groups excluding carboxylic acids is 2. The Hall–Kier alpha value is -3.42.